The van der Waals surface area contributed by atoms with E-state index in [1.165, 1.54) is 18.6 Å². The molecule has 0 aliphatic rings. The Morgan fingerprint density at radius 3 is 2.38 bits per heavy atom. The molecule has 0 unspecified atom stereocenters. The van der Waals surface area contributed by atoms with Crippen LogP contribution in [0.5, 0.6) is 11.5 Å². The average Bonchev–Trinajstić information content (AvgIpc) is 2.49. The van der Waals surface area contributed by atoms with Crippen molar-refractivity contribution < 1.29 is 14.6 Å². The van der Waals surface area contributed by atoms with Gasteiger partial charge < -0.3 is 9.84 Å². The maximum atomic E-state index is 11.3. The lowest BCUT2D eigenvalue weighted by Crippen LogP contribution is -1.99. The molecule has 0 spiro atoms. The van der Waals surface area contributed by atoms with Crippen molar-refractivity contribution in [3.63, 3.8) is 0 Å². The van der Waals surface area contributed by atoms with Crippen LogP contribution < -0.4 is 4.74 Å². The third-order valence-electron chi connectivity index (χ3n) is 3.03. The third-order valence-corrected chi connectivity index (χ3v) is 4.04. The van der Waals surface area contributed by atoms with Gasteiger partial charge in [-0.1, -0.05) is 51.8 Å². The van der Waals surface area contributed by atoms with Crippen LogP contribution in [0.2, 0.25) is 5.02 Å². The van der Waals surface area contributed by atoms with Crippen LogP contribution in [0, 0.1) is 0 Å². The summed E-state index contributed by atoms with van der Waals surface area (Å²) in [6, 6.07) is 11.0. The first-order chi connectivity index (χ1) is 10.0. The molecule has 21 heavy (non-hydrogen) atoms. The van der Waals surface area contributed by atoms with Crippen molar-refractivity contribution in [2.75, 3.05) is 0 Å². The molecule has 3 nitrogen and oxygen atoms in total. The first-order valence-corrected chi connectivity index (χ1v) is 7.82. The second-order valence-corrected chi connectivity index (χ2v) is 5.51. The van der Waals surface area contributed by atoms with Gasteiger partial charge in [0.05, 0.1) is 5.56 Å². The minimum Gasteiger partial charge on any atom is -0.505 e. The number of alkyl halides is 1. The molecular formula is C16H14BrClO3. The molecule has 0 heterocycles. The summed E-state index contributed by atoms with van der Waals surface area (Å²) in [6.45, 7) is 1.71. The lowest BCUT2D eigenvalue weighted by molar-refractivity contribution is 0.101. The second-order valence-electron chi connectivity index (χ2n) is 4.57. The topological polar surface area (TPSA) is 46.5 Å². The molecule has 2 rings (SSSR count). The number of rotatable bonds is 5. The van der Waals surface area contributed by atoms with Gasteiger partial charge in [0, 0.05) is 5.33 Å². The van der Waals surface area contributed by atoms with E-state index in [4.69, 9.17) is 16.3 Å². The van der Waals surface area contributed by atoms with E-state index in [1.807, 2.05) is 24.3 Å². The third kappa shape index (κ3) is 3.77. The van der Waals surface area contributed by atoms with Crippen molar-refractivity contribution in [1.29, 1.82) is 0 Å². The molecule has 0 radical (unpaired) electrons. The lowest BCUT2D eigenvalue weighted by Gasteiger charge is -2.11. The molecule has 0 saturated carbocycles. The van der Waals surface area contributed by atoms with Crippen molar-refractivity contribution in [1.82, 2.24) is 0 Å². The Balaban J connectivity index is 2.12. The number of hydrogen-bond donors (Lipinski definition) is 1. The van der Waals surface area contributed by atoms with E-state index in [0.29, 0.717) is 12.4 Å². The van der Waals surface area contributed by atoms with Gasteiger partial charge in [0.15, 0.2) is 5.78 Å². The fraction of sp³-hybridized carbons (Fsp3) is 0.188. The fourth-order valence-electron chi connectivity index (χ4n) is 1.83. The molecule has 1 N–H and O–H groups in total. The van der Waals surface area contributed by atoms with Crippen LogP contribution >= 0.6 is 27.5 Å². The van der Waals surface area contributed by atoms with Gasteiger partial charge in [-0.25, -0.2) is 0 Å². The van der Waals surface area contributed by atoms with Gasteiger partial charge >= 0.3 is 0 Å². The quantitative estimate of drug-likeness (QED) is 0.612. The van der Waals surface area contributed by atoms with Gasteiger partial charge in [-0.2, -0.15) is 0 Å². The van der Waals surface area contributed by atoms with Crippen molar-refractivity contribution >= 4 is 33.3 Å². The maximum absolute atomic E-state index is 11.3. The van der Waals surface area contributed by atoms with E-state index in [0.717, 1.165) is 10.9 Å². The number of phenols is 1. The number of ketones is 1. The molecule has 0 atom stereocenters. The normalized spacial score (nSPS) is 10.4. The molecule has 5 heteroatoms. The van der Waals surface area contributed by atoms with Crippen LogP contribution in [0.1, 0.15) is 28.4 Å². The van der Waals surface area contributed by atoms with Gasteiger partial charge in [-0.3, -0.25) is 4.79 Å². The predicted octanol–water partition coefficient (Wildman–Crippen LogP) is 4.72. The predicted molar refractivity (Wildman–Crippen MR) is 86.5 cm³/mol. The minimum atomic E-state index is -0.244. The molecule has 2 aromatic carbocycles. The Morgan fingerprint density at radius 1 is 1.19 bits per heavy atom. The number of aromatic hydroxyl groups is 1. The van der Waals surface area contributed by atoms with E-state index in [1.54, 1.807) is 6.07 Å². The highest BCUT2D eigenvalue weighted by Crippen LogP contribution is 2.36. The molecule has 110 valence electrons. The van der Waals surface area contributed by atoms with E-state index in [9.17, 15) is 9.90 Å². The summed E-state index contributed by atoms with van der Waals surface area (Å²) in [6.07, 6.45) is 0. The lowest BCUT2D eigenvalue weighted by atomic mass is 10.1. The van der Waals surface area contributed by atoms with E-state index in [-0.39, 0.29) is 22.1 Å². The summed E-state index contributed by atoms with van der Waals surface area (Å²) in [5.41, 5.74) is 2.36. The number of carbonyl (C=O) groups is 1. The monoisotopic (exact) mass is 368 g/mol. The van der Waals surface area contributed by atoms with Gasteiger partial charge in [0.2, 0.25) is 0 Å². The zero-order valence-electron chi connectivity index (χ0n) is 11.4. The van der Waals surface area contributed by atoms with Crippen LogP contribution in [-0.2, 0) is 11.9 Å². The highest BCUT2D eigenvalue weighted by molar-refractivity contribution is 9.08. The van der Waals surface area contributed by atoms with Gasteiger partial charge in [-0.15, -0.1) is 0 Å². The van der Waals surface area contributed by atoms with E-state index < -0.39 is 0 Å². The molecular weight excluding hydrogens is 356 g/mol. The zero-order valence-corrected chi connectivity index (χ0v) is 13.7. The Bertz CT molecular complexity index is 653. The van der Waals surface area contributed by atoms with Crippen molar-refractivity contribution in [3.8, 4) is 11.5 Å². The van der Waals surface area contributed by atoms with Crippen LogP contribution in [0.3, 0.4) is 0 Å². The number of carbonyl (C=O) groups excluding carboxylic acids is 1. The van der Waals surface area contributed by atoms with Gasteiger partial charge in [-0.05, 0) is 30.2 Å². The Hall–Kier alpha value is -1.52. The first-order valence-electron chi connectivity index (χ1n) is 6.32. The van der Waals surface area contributed by atoms with Crippen LogP contribution in [0.25, 0.3) is 0 Å². The Labute approximate surface area is 136 Å². The number of hydrogen-bond acceptors (Lipinski definition) is 3. The summed E-state index contributed by atoms with van der Waals surface area (Å²) in [5, 5.41) is 10.7. The van der Waals surface area contributed by atoms with Gasteiger partial charge in [0.25, 0.3) is 0 Å². The van der Waals surface area contributed by atoms with Gasteiger partial charge in [0.1, 0.15) is 23.1 Å². The molecule has 0 aromatic heterocycles. The number of benzene rings is 2. The summed E-state index contributed by atoms with van der Waals surface area (Å²) in [7, 11) is 0. The average molecular weight is 370 g/mol. The molecule has 0 aliphatic heterocycles. The van der Waals surface area contributed by atoms with Crippen LogP contribution in [-0.4, -0.2) is 10.9 Å². The number of phenolic OH excluding ortho intramolecular Hbond substituents is 1. The highest BCUT2D eigenvalue weighted by Gasteiger charge is 2.14. The number of Topliss-reactive ketones (excluding diaryl/α,β-unsaturated/α-hetero) is 1. The zero-order chi connectivity index (χ0) is 15.4. The first kappa shape index (κ1) is 15.9. The van der Waals surface area contributed by atoms with Crippen molar-refractivity contribution in [2.45, 2.75) is 18.9 Å². The van der Waals surface area contributed by atoms with Crippen LogP contribution in [0.4, 0.5) is 0 Å². The molecule has 0 bridgehead atoms. The molecule has 0 saturated heterocycles. The molecule has 0 amide bonds. The second kappa shape index (κ2) is 6.96. The smallest absolute Gasteiger partial charge is 0.163 e. The molecule has 0 fully saturated rings. The highest BCUT2D eigenvalue weighted by atomic mass is 79.9. The SMILES string of the molecule is CC(=O)c1ccc(OCc2ccc(CBr)cc2)c(Cl)c1O. The number of halogens is 2. The summed E-state index contributed by atoms with van der Waals surface area (Å²) >= 11 is 9.41. The fourth-order valence-corrected chi connectivity index (χ4v) is 2.42. The Morgan fingerprint density at radius 2 is 1.81 bits per heavy atom. The molecule has 2 aromatic rings. The van der Waals surface area contributed by atoms with E-state index in [2.05, 4.69) is 15.9 Å². The molecule has 0 aliphatic carbocycles. The van der Waals surface area contributed by atoms with Crippen LogP contribution in [0.15, 0.2) is 36.4 Å². The number of ether oxygens (including phenoxy) is 1. The van der Waals surface area contributed by atoms with Crippen molar-refractivity contribution in [3.05, 3.63) is 58.1 Å². The summed E-state index contributed by atoms with van der Waals surface area (Å²) < 4.78 is 5.60. The minimum absolute atomic E-state index is 0.0554. The maximum Gasteiger partial charge on any atom is 0.163 e. The largest absolute Gasteiger partial charge is 0.505 e. The Kier molecular flexibility index (Phi) is 5.26. The summed E-state index contributed by atoms with van der Waals surface area (Å²) in [4.78, 5) is 11.3. The summed E-state index contributed by atoms with van der Waals surface area (Å²) in [5.74, 6) is -0.133. The van der Waals surface area contributed by atoms with E-state index >= 15 is 0 Å². The standard InChI is InChI=1S/C16H14BrClO3/c1-10(19)13-6-7-14(15(18)16(13)20)21-9-12-4-2-11(8-17)3-5-12/h2-7,20H,8-9H2,1H3. The van der Waals surface area contributed by atoms with Crippen molar-refractivity contribution in [2.24, 2.45) is 0 Å².